The number of alkyl halides is 3. The Morgan fingerprint density at radius 2 is 1.89 bits per heavy atom. The number of rotatable bonds is 5. The van der Waals surface area contributed by atoms with Crippen molar-refractivity contribution in [3.8, 4) is 0 Å². The van der Waals surface area contributed by atoms with Gasteiger partial charge in [-0.1, -0.05) is 12.8 Å². The molecule has 13 nitrogen and oxygen atoms in total. The highest BCUT2D eigenvalue weighted by atomic mass is 19.4. The van der Waals surface area contributed by atoms with E-state index in [2.05, 4.69) is 25.8 Å². The molecule has 0 aliphatic heterocycles. The van der Waals surface area contributed by atoms with Gasteiger partial charge in [0.25, 0.3) is 11.8 Å². The average Bonchev–Trinajstić information content (AvgIpc) is 3.38. The van der Waals surface area contributed by atoms with Crippen LogP contribution in [0, 0.1) is 0 Å². The largest absolute Gasteiger partial charge is 0.490 e. The van der Waals surface area contributed by atoms with Gasteiger partial charge in [-0.15, -0.1) is 0 Å². The number of nitrogens with two attached hydrogens (primary N) is 2. The summed E-state index contributed by atoms with van der Waals surface area (Å²) in [5.74, 6) is -3.31. The number of hydrogen-bond acceptors (Lipinski definition) is 8. The summed E-state index contributed by atoms with van der Waals surface area (Å²) in [6.07, 6.45) is 3.81. The Labute approximate surface area is 201 Å². The Balaban J connectivity index is 0.000000454. The highest BCUT2D eigenvalue weighted by molar-refractivity contribution is 6.10. The molecule has 0 bridgehead atoms. The molecule has 1 saturated carbocycles. The first kappa shape index (κ1) is 26.4. The smallest absolute Gasteiger partial charge is 0.475 e. The summed E-state index contributed by atoms with van der Waals surface area (Å²) >= 11 is 0. The molecular formula is C20H24F3N9O4. The van der Waals surface area contributed by atoms with Crippen LogP contribution in [0.1, 0.15) is 46.5 Å². The van der Waals surface area contributed by atoms with Gasteiger partial charge < -0.3 is 27.2 Å². The number of carbonyl (C=O) groups excluding carboxylic acids is 2. The molecule has 16 heteroatoms. The summed E-state index contributed by atoms with van der Waals surface area (Å²) in [7, 11) is 1.63. The van der Waals surface area contributed by atoms with E-state index in [9.17, 15) is 22.8 Å². The van der Waals surface area contributed by atoms with Crippen LogP contribution in [0.3, 0.4) is 0 Å². The molecule has 1 fully saturated rings. The molecule has 3 heterocycles. The van der Waals surface area contributed by atoms with Crippen LogP contribution in [-0.4, -0.2) is 65.5 Å². The number of primary amides is 1. The van der Waals surface area contributed by atoms with E-state index < -0.39 is 24.0 Å². The molecule has 3 aromatic heterocycles. The SMILES string of the molecule is Cn1cc(NC(=O)c2cnn3ccc(N[C@@H]4CCCC[C@@H]4N)nc23)c(C(N)=O)n1.O=C(O)C(F)(F)F. The van der Waals surface area contributed by atoms with Gasteiger partial charge in [-0.3, -0.25) is 14.3 Å². The summed E-state index contributed by atoms with van der Waals surface area (Å²) < 4.78 is 34.7. The first-order chi connectivity index (χ1) is 16.9. The molecule has 0 radical (unpaired) electrons. The third kappa shape index (κ3) is 6.26. The fourth-order valence-electron chi connectivity index (χ4n) is 3.59. The molecule has 0 unspecified atom stereocenters. The average molecular weight is 511 g/mol. The molecule has 0 aromatic carbocycles. The minimum atomic E-state index is -5.08. The number of aromatic nitrogens is 5. The summed E-state index contributed by atoms with van der Waals surface area (Å²) in [5, 5.41) is 21.3. The van der Waals surface area contributed by atoms with Gasteiger partial charge in [-0.05, 0) is 18.9 Å². The monoisotopic (exact) mass is 511 g/mol. The zero-order chi connectivity index (χ0) is 26.6. The van der Waals surface area contributed by atoms with Crippen LogP contribution in [0.2, 0.25) is 0 Å². The molecule has 2 atom stereocenters. The van der Waals surface area contributed by atoms with Crippen molar-refractivity contribution < 1.29 is 32.7 Å². The quantitative estimate of drug-likeness (QED) is 0.333. The Morgan fingerprint density at radius 3 is 2.50 bits per heavy atom. The third-order valence-corrected chi connectivity index (χ3v) is 5.32. The zero-order valence-corrected chi connectivity index (χ0v) is 19.0. The molecule has 0 saturated heterocycles. The van der Waals surface area contributed by atoms with Crippen LogP contribution in [0.15, 0.2) is 24.7 Å². The summed E-state index contributed by atoms with van der Waals surface area (Å²) in [4.78, 5) is 37.8. The maximum absolute atomic E-state index is 12.8. The lowest BCUT2D eigenvalue weighted by molar-refractivity contribution is -0.192. The fourth-order valence-corrected chi connectivity index (χ4v) is 3.59. The number of hydrogen-bond donors (Lipinski definition) is 5. The molecule has 1 aliphatic rings. The molecule has 7 N–H and O–H groups in total. The van der Waals surface area contributed by atoms with Gasteiger partial charge in [0.2, 0.25) is 0 Å². The van der Waals surface area contributed by atoms with Crippen molar-refractivity contribution in [2.24, 2.45) is 18.5 Å². The molecule has 3 aromatic rings. The zero-order valence-electron chi connectivity index (χ0n) is 19.0. The predicted molar refractivity (Wildman–Crippen MR) is 120 cm³/mol. The Hall–Kier alpha value is -4.21. The molecule has 2 amide bonds. The first-order valence-electron chi connectivity index (χ1n) is 10.7. The van der Waals surface area contributed by atoms with E-state index in [4.69, 9.17) is 21.4 Å². The highest BCUT2D eigenvalue weighted by Crippen LogP contribution is 2.22. The number of aryl methyl sites for hydroxylation is 1. The van der Waals surface area contributed by atoms with E-state index >= 15 is 0 Å². The third-order valence-electron chi connectivity index (χ3n) is 5.32. The number of amides is 2. The second-order valence-electron chi connectivity index (χ2n) is 8.02. The fraction of sp³-hybridized carbons (Fsp3) is 0.400. The van der Waals surface area contributed by atoms with E-state index in [0.717, 1.165) is 25.7 Å². The van der Waals surface area contributed by atoms with Gasteiger partial charge in [0.15, 0.2) is 11.3 Å². The minimum Gasteiger partial charge on any atom is -0.475 e. The lowest BCUT2D eigenvalue weighted by Gasteiger charge is -2.29. The van der Waals surface area contributed by atoms with E-state index in [1.807, 2.05) is 0 Å². The molecule has 4 rings (SSSR count). The van der Waals surface area contributed by atoms with Crippen molar-refractivity contribution >= 4 is 34.9 Å². The van der Waals surface area contributed by atoms with Crippen molar-refractivity contribution in [3.63, 3.8) is 0 Å². The highest BCUT2D eigenvalue weighted by Gasteiger charge is 2.38. The van der Waals surface area contributed by atoms with Gasteiger partial charge in [-0.2, -0.15) is 23.4 Å². The normalized spacial score (nSPS) is 17.7. The summed E-state index contributed by atoms with van der Waals surface area (Å²) in [6, 6.07) is 2.02. The summed E-state index contributed by atoms with van der Waals surface area (Å²) in [5.41, 5.74) is 12.4. The lowest BCUT2D eigenvalue weighted by atomic mass is 9.91. The van der Waals surface area contributed by atoms with Gasteiger partial charge >= 0.3 is 12.1 Å². The Bertz CT molecular complexity index is 1270. The van der Waals surface area contributed by atoms with Crippen LogP contribution < -0.4 is 22.1 Å². The van der Waals surface area contributed by atoms with E-state index in [-0.39, 0.29) is 29.0 Å². The number of fused-ring (bicyclic) bond motifs is 1. The van der Waals surface area contributed by atoms with Crippen molar-refractivity contribution in [1.82, 2.24) is 24.4 Å². The van der Waals surface area contributed by atoms with E-state index in [1.54, 1.807) is 19.3 Å². The number of carbonyl (C=O) groups is 3. The van der Waals surface area contributed by atoms with Crippen LogP contribution in [0.25, 0.3) is 5.65 Å². The number of anilines is 2. The van der Waals surface area contributed by atoms with Gasteiger partial charge in [0.1, 0.15) is 11.4 Å². The van der Waals surface area contributed by atoms with Crippen molar-refractivity contribution in [2.45, 2.75) is 43.9 Å². The van der Waals surface area contributed by atoms with Crippen molar-refractivity contribution in [1.29, 1.82) is 0 Å². The van der Waals surface area contributed by atoms with Crippen LogP contribution >= 0.6 is 0 Å². The van der Waals surface area contributed by atoms with Gasteiger partial charge in [0.05, 0.1) is 11.9 Å². The van der Waals surface area contributed by atoms with Crippen LogP contribution in [0.5, 0.6) is 0 Å². The number of nitrogens with zero attached hydrogens (tertiary/aromatic N) is 5. The summed E-state index contributed by atoms with van der Waals surface area (Å²) in [6.45, 7) is 0. The van der Waals surface area contributed by atoms with Crippen molar-refractivity contribution in [3.05, 3.63) is 35.9 Å². The predicted octanol–water partition coefficient (Wildman–Crippen LogP) is 1.13. The molecule has 1 aliphatic carbocycles. The first-order valence-corrected chi connectivity index (χ1v) is 10.7. The molecular weight excluding hydrogens is 487 g/mol. The topological polar surface area (TPSA) is 196 Å². The number of carboxylic acids is 1. The minimum absolute atomic E-state index is 0.0149. The number of carboxylic acid groups (broad SMARTS) is 1. The standard InChI is InChI=1S/C18H23N9O2.C2HF3O2/c1-26-9-13(15(25-26)16(20)28)23-18(29)10-8-21-27-7-6-14(24-17(10)27)22-12-5-3-2-4-11(12)19;3-2(4,5)1(6)7/h6-9,11-12H,2-5,19H2,1H3,(H2,20,28)(H,22,24)(H,23,29);(H,6,7)/t11-,12+;/m0./s1. The number of aliphatic carboxylic acids is 1. The Kier molecular flexibility index (Phi) is 7.77. The maximum Gasteiger partial charge on any atom is 0.490 e. The Morgan fingerprint density at radius 1 is 1.22 bits per heavy atom. The van der Waals surface area contributed by atoms with Crippen LogP contribution in [0.4, 0.5) is 24.7 Å². The van der Waals surface area contributed by atoms with Crippen molar-refractivity contribution in [2.75, 3.05) is 10.6 Å². The second-order valence-corrected chi connectivity index (χ2v) is 8.02. The van der Waals surface area contributed by atoms with E-state index in [0.29, 0.717) is 11.5 Å². The van der Waals surface area contributed by atoms with Crippen LogP contribution in [-0.2, 0) is 11.8 Å². The lowest BCUT2D eigenvalue weighted by Crippen LogP contribution is -2.42. The van der Waals surface area contributed by atoms with E-state index in [1.165, 1.54) is 21.6 Å². The number of halogens is 3. The molecule has 0 spiro atoms. The van der Waals surface area contributed by atoms with Gasteiger partial charge in [0, 0.05) is 31.5 Å². The second kappa shape index (κ2) is 10.6. The van der Waals surface area contributed by atoms with Gasteiger partial charge in [-0.25, -0.2) is 14.3 Å². The molecule has 36 heavy (non-hydrogen) atoms. The maximum atomic E-state index is 12.8. The number of nitrogens with one attached hydrogen (secondary N) is 2. The molecule has 194 valence electrons.